The molecule has 3 fully saturated rings. The van der Waals surface area contributed by atoms with Gasteiger partial charge in [-0.1, -0.05) is 53.5 Å². The standard InChI is InChI=1S/C42H53F2N5O4Si/c1-27(2)54(28(3)4,29(5)6)21-10-32-35(43)9-8-30-22-31(50)23-33(36(30)32)38-37(44)39-34(24-45-38)40(49-13-7-17-51-20-16-49)47-41(46-39)53-26-42(11-12-42)25-48-14-18-52-19-15-48/h8-9,22-24,27-29,50H,7,11-20,25-26H2,1-6H3. The Balaban J connectivity index is 1.36. The maximum absolute atomic E-state index is 17.3. The topological polar surface area (TPSA) is 93.1 Å². The quantitative estimate of drug-likeness (QED) is 0.127. The molecule has 4 aromatic rings. The number of aromatic hydroxyl groups is 1. The number of phenols is 1. The Morgan fingerprint density at radius 1 is 0.926 bits per heavy atom. The second-order valence-corrected chi connectivity index (χ2v) is 21.9. The largest absolute Gasteiger partial charge is 0.508 e. The molecule has 0 bridgehead atoms. The summed E-state index contributed by atoms with van der Waals surface area (Å²) < 4.78 is 50.9. The van der Waals surface area contributed by atoms with Gasteiger partial charge in [-0.05, 0) is 59.5 Å². The molecular weight excluding hydrogens is 705 g/mol. The van der Waals surface area contributed by atoms with E-state index in [0.29, 0.717) is 71.5 Å². The highest BCUT2D eigenvalue weighted by Gasteiger charge is 2.45. The molecule has 2 aromatic carbocycles. The van der Waals surface area contributed by atoms with E-state index in [9.17, 15) is 5.11 Å². The molecular formula is C42H53F2N5O4Si. The van der Waals surface area contributed by atoms with Gasteiger partial charge in [0, 0.05) is 61.9 Å². The number of benzene rings is 2. The fourth-order valence-corrected chi connectivity index (χ4v) is 14.0. The molecule has 12 heteroatoms. The summed E-state index contributed by atoms with van der Waals surface area (Å²) >= 11 is 0. The monoisotopic (exact) mass is 757 g/mol. The number of fused-ring (bicyclic) bond motifs is 2. The van der Waals surface area contributed by atoms with E-state index >= 15 is 8.78 Å². The van der Waals surface area contributed by atoms with Gasteiger partial charge in [0.25, 0.3) is 0 Å². The van der Waals surface area contributed by atoms with Gasteiger partial charge in [0.2, 0.25) is 0 Å². The summed E-state index contributed by atoms with van der Waals surface area (Å²) in [6.07, 6.45) is 4.45. The van der Waals surface area contributed by atoms with Crippen molar-refractivity contribution >= 4 is 35.6 Å². The molecule has 1 saturated carbocycles. The lowest BCUT2D eigenvalue weighted by Gasteiger charge is -2.38. The van der Waals surface area contributed by atoms with Crippen molar-refractivity contribution in [3.05, 3.63) is 47.7 Å². The van der Waals surface area contributed by atoms with Gasteiger partial charge in [-0.25, -0.2) is 8.78 Å². The Morgan fingerprint density at radius 3 is 2.33 bits per heavy atom. The minimum absolute atomic E-state index is 0.00262. The first kappa shape index (κ1) is 38.4. The summed E-state index contributed by atoms with van der Waals surface area (Å²) in [6, 6.07) is 6.05. The van der Waals surface area contributed by atoms with E-state index in [4.69, 9.17) is 19.2 Å². The Morgan fingerprint density at radius 2 is 1.63 bits per heavy atom. The van der Waals surface area contributed by atoms with E-state index in [1.807, 2.05) is 0 Å². The van der Waals surface area contributed by atoms with Crippen LogP contribution < -0.4 is 9.64 Å². The number of rotatable bonds is 10. The average Bonchev–Trinajstić information content (AvgIpc) is 3.95. The van der Waals surface area contributed by atoms with Crippen LogP contribution >= 0.6 is 0 Å². The number of anilines is 1. The van der Waals surface area contributed by atoms with Gasteiger partial charge in [-0.15, -0.1) is 5.54 Å². The third-order valence-corrected chi connectivity index (χ3v) is 18.2. The SMILES string of the molecule is CC(C)[Si](C#Cc1c(F)ccc2cc(O)cc(-c3ncc4c(N5CCCOCC5)nc(OCC5(CN6CCOCC6)CC5)nc4c3F)c12)(C(C)C)C(C)C. The van der Waals surface area contributed by atoms with E-state index in [0.717, 1.165) is 52.1 Å². The zero-order valence-corrected chi connectivity index (χ0v) is 33.5. The summed E-state index contributed by atoms with van der Waals surface area (Å²) in [5.41, 5.74) is 5.05. The molecule has 0 radical (unpaired) electrons. The molecule has 1 aliphatic carbocycles. The normalized spacial score (nSPS) is 18.0. The number of phenolic OH excluding ortho intramolecular Hbond substituents is 1. The van der Waals surface area contributed by atoms with Gasteiger partial charge >= 0.3 is 6.01 Å². The van der Waals surface area contributed by atoms with Gasteiger partial charge in [0.1, 0.15) is 36.7 Å². The summed E-state index contributed by atoms with van der Waals surface area (Å²) in [5, 5.41) is 12.3. The molecule has 9 nitrogen and oxygen atoms in total. The zero-order chi connectivity index (χ0) is 38.2. The molecule has 3 aliphatic rings. The third kappa shape index (κ3) is 7.52. The maximum atomic E-state index is 17.3. The van der Waals surface area contributed by atoms with E-state index in [1.165, 1.54) is 12.1 Å². The predicted octanol–water partition coefficient (Wildman–Crippen LogP) is 8.12. The molecule has 2 aromatic heterocycles. The van der Waals surface area contributed by atoms with Gasteiger partial charge < -0.3 is 24.2 Å². The number of morpholine rings is 1. The van der Waals surface area contributed by atoms with Crippen molar-refractivity contribution in [2.75, 3.05) is 70.7 Å². The van der Waals surface area contributed by atoms with E-state index < -0.39 is 19.7 Å². The van der Waals surface area contributed by atoms with Crippen LogP contribution in [0.4, 0.5) is 14.6 Å². The second kappa shape index (κ2) is 15.7. The molecule has 0 spiro atoms. The smallest absolute Gasteiger partial charge is 0.319 e. The average molecular weight is 758 g/mol. The van der Waals surface area contributed by atoms with Crippen LogP contribution in [0.5, 0.6) is 11.8 Å². The van der Waals surface area contributed by atoms with Crippen LogP contribution in [0.1, 0.15) is 66.4 Å². The van der Waals surface area contributed by atoms with Crippen LogP contribution in [0, 0.1) is 28.5 Å². The Kier molecular flexibility index (Phi) is 11.2. The fourth-order valence-electron chi connectivity index (χ4n) is 8.79. The summed E-state index contributed by atoms with van der Waals surface area (Å²) in [6.45, 7) is 20.2. The molecule has 0 atom stereocenters. The molecule has 0 amide bonds. The van der Waals surface area contributed by atoms with Crippen molar-refractivity contribution in [3.63, 3.8) is 0 Å². The highest BCUT2D eigenvalue weighted by molar-refractivity contribution is 6.90. The minimum Gasteiger partial charge on any atom is -0.508 e. The molecule has 2 saturated heterocycles. The van der Waals surface area contributed by atoms with Crippen LogP contribution in [0.3, 0.4) is 0 Å². The van der Waals surface area contributed by atoms with Crippen molar-refractivity contribution in [2.45, 2.75) is 77.4 Å². The molecule has 288 valence electrons. The van der Waals surface area contributed by atoms with E-state index in [-0.39, 0.29) is 39.5 Å². The van der Waals surface area contributed by atoms with Crippen molar-refractivity contribution in [1.29, 1.82) is 0 Å². The summed E-state index contributed by atoms with van der Waals surface area (Å²) in [4.78, 5) is 18.7. The lowest BCUT2D eigenvalue weighted by Crippen LogP contribution is -2.43. The van der Waals surface area contributed by atoms with Crippen LogP contribution in [0.25, 0.3) is 32.9 Å². The van der Waals surface area contributed by atoms with Gasteiger partial charge in [0.15, 0.2) is 5.82 Å². The number of ether oxygens (including phenoxy) is 3. The van der Waals surface area contributed by atoms with E-state index in [2.05, 4.69) is 72.8 Å². The second-order valence-electron chi connectivity index (χ2n) is 16.3. The molecule has 4 heterocycles. The van der Waals surface area contributed by atoms with Crippen molar-refractivity contribution in [3.8, 4) is 34.5 Å². The first-order valence-corrected chi connectivity index (χ1v) is 21.8. The molecule has 7 rings (SSSR count). The zero-order valence-electron chi connectivity index (χ0n) is 32.5. The van der Waals surface area contributed by atoms with Gasteiger partial charge in [0.05, 0.1) is 37.4 Å². The molecule has 0 unspecified atom stereocenters. The molecule has 54 heavy (non-hydrogen) atoms. The van der Waals surface area contributed by atoms with Crippen LogP contribution in [0.2, 0.25) is 16.6 Å². The predicted molar refractivity (Wildman–Crippen MR) is 212 cm³/mol. The van der Waals surface area contributed by atoms with Crippen molar-refractivity contribution in [2.24, 2.45) is 5.41 Å². The molecule has 1 N–H and O–H groups in total. The lowest BCUT2D eigenvalue weighted by molar-refractivity contribution is 0.0231. The van der Waals surface area contributed by atoms with Crippen LogP contribution in [0.15, 0.2) is 30.5 Å². The third-order valence-electron chi connectivity index (χ3n) is 11.9. The Labute approximate surface area is 318 Å². The van der Waals surface area contributed by atoms with Crippen LogP contribution in [-0.2, 0) is 9.47 Å². The van der Waals surface area contributed by atoms with Gasteiger partial charge in [-0.2, -0.15) is 9.97 Å². The van der Waals surface area contributed by atoms with Crippen molar-refractivity contribution < 1.29 is 28.1 Å². The number of hydrogen-bond donors (Lipinski definition) is 1. The number of pyridine rings is 1. The summed E-state index contributed by atoms with van der Waals surface area (Å²) in [7, 11) is -2.26. The highest BCUT2D eigenvalue weighted by atomic mass is 28.3. The van der Waals surface area contributed by atoms with Crippen molar-refractivity contribution in [1.82, 2.24) is 19.9 Å². The Hall–Kier alpha value is -3.89. The lowest BCUT2D eigenvalue weighted by atomic mass is 9.96. The molecule has 2 aliphatic heterocycles. The first-order chi connectivity index (χ1) is 25.9. The number of halogens is 2. The maximum Gasteiger partial charge on any atom is 0.319 e. The number of hydrogen-bond acceptors (Lipinski definition) is 9. The summed E-state index contributed by atoms with van der Waals surface area (Å²) in [5.74, 6) is 2.53. The number of nitrogens with zero attached hydrogens (tertiary/aromatic N) is 5. The fraction of sp³-hybridized carbons (Fsp3) is 0.548. The Bertz CT molecular complexity index is 2040. The highest BCUT2D eigenvalue weighted by Crippen LogP contribution is 2.47. The minimum atomic E-state index is -2.26. The van der Waals surface area contributed by atoms with E-state index in [1.54, 1.807) is 18.3 Å². The van der Waals surface area contributed by atoms with Gasteiger partial charge in [-0.3, -0.25) is 9.88 Å². The van der Waals surface area contributed by atoms with Crippen LogP contribution in [-0.4, -0.2) is 98.8 Å². The first-order valence-electron chi connectivity index (χ1n) is 19.5. The number of aromatic nitrogens is 3.